The molecule has 0 heterocycles. The van der Waals surface area contributed by atoms with Crippen LogP contribution in [0.25, 0.3) is 0 Å². The fourth-order valence-electron chi connectivity index (χ4n) is 1.41. The molecule has 1 atom stereocenters. The van der Waals surface area contributed by atoms with Gasteiger partial charge in [-0.3, -0.25) is 0 Å². The molecule has 0 aliphatic carbocycles. The molecule has 15 heavy (non-hydrogen) atoms. The molecule has 1 rings (SSSR count). The van der Waals surface area contributed by atoms with Crippen molar-refractivity contribution in [3.8, 4) is 5.75 Å². The Balaban J connectivity index is 3.29. The summed E-state index contributed by atoms with van der Waals surface area (Å²) in [4.78, 5) is 11.2. The molecule has 4 heteroatoms. The molecule has 1 aromatic rings. The molecule has 4 nitrogen and oxygen atoms in total. The van der Waals surface area contributed by atoms with Gasteiger partial charge in [0, 0.05) is 5.56 Å². The summed E-state index contributed by atoms with van der Waals surface area (Å²) >= 11 is 0. The van der Waals surface area contributed by atoms with E-state index in [1.54, 1.807) is 38.2 Å². The molecular formula is C11H15NO3. The van der Waals surface area contributed by atoms with E-state index in [2.05, 4.69) is 5.32 Å². The number of carbonyl (C=O) groups is 1. The zero-order valence-electron chi connectivity index (χ0n) is 9.07. The van der Waals surface area contributed by atoms with Gasteiger partial charge in [-0.2, -0.15) is 0 Å². The van der Waals surface area contributed by atoms with Crippen LogP contribution >= 0.6 is 0 Å². The molecule has 1 aromatic carbocycles. The highest BCUT2D eigenvalue weighted by molar-refractivity contribution is 5.81. The van der Waals surface area contributed by atoms with Crippen molar-refractivity contribution < 1.29 is 14.6 Å². The third-order valence-electron chi connectivity index (χ3n) is 2.57. The number of methoxy groups -OCH3 is 1. The Morgan fingerprint density at radius 1 is 1.47 bits per heavy atom. The van der Waals surface area contributed by atoms with E-state index in [9.17, 15) is 9.90 Å². The fraction of sp³-hybridized carbons (Fsp3) is 0.364. The number of benzene rings is 1. The van der Waals surface area contributed by atoms with Gasteiger partial charge >= 0.3 is 5.97 Å². The van der Waals surface area contributed by atoms with E-state index in [4.69, 9.17) is 4.74 Å². The van der Waals surface area contributed by atoms with Crippen LogP contribution in [0.15, 0.2) is 24.3 Å². The summed E-state index contributed by atoms with van der Waals surface area (Å²) in [5.74, 6) is -0.369. The molecule has 82 valence electrons. The SMILES string of the molecule is CN[C@](C)(C(=O)O)c1ccccc1OC. The molecule has 0 saturated heterocycles. The molecule has 0 aromatic heterocycles. The minimum absolute atomic E-state index is 0.566. The van der Waals surface area contributed by atoms with Crippen LogP contribution < -0.4 is 10.1 Å². The quantitative estimate of drug-likeness (QED) is 0.782. The van der Waals surface area contributed by atoms with Crippen LogP contribution in [0, 0.1) is 0 Å². The first-order valence-corrected chi connectivity index (χ1v) is 4.62. The van der Waals surface area contributed by atoms with Crippen molar-refractivity contribution in [2.75, 3.05) is 14.2 Å². The Bertz CT molecular complexity index is 365. The van der Waals surface area contributed by atoms with E-state index >= 15 is 0 Å². The lowest BCUT2D eigenvalue weighted by molar-refractivity contribution is -0.144. The zero-order valence-corrected chi connectivity index (χ0v) is 9.07. The minimum Gasteiger partial charge on any atom is -0.496 e. The Morgan fingerprint density at radius 2 is 2.07 bits per heavy atom. The van der Waals surface area contributed by atoms with Gasteiger partial charge in [0.15, 0.2) is 0 Å². The van der Waals surface area contributed by atoms with Gasteiger partial charge in [0.1, 0.15) is 11.3 Å². The lowest BCUT2D eigenvalue weighted by Crippen LogP contribution is -2.44. The van der Waals surface area contributed by atoms with Gasteiger partial charge in [0.25, 0.3) is 0 Å². The minimum atomic E-state index is -1.13. The second-order valence-electron chi connectivity index (χ2n) is 3.38. The Hall–Kier alpha value is -1.55. The topological polar surface area (TPSA) is 58.6 Å². The van der Waals surface area contributed by atoms with Gasteiger partial charge in [-0.15, -0.1) is 0 Å². The predicted octanol–water partition coefficient (Wildman–Crippen LogP) is 1.21. The third-order valence-corrected chi connectivity index (χ3v) is 2.57. The van der Waals surface area contributed by atoms with E-state index in [-0.39, 0.29) is 0 Å². The molecule has 0 spiro atoms. The first-order chi connectivity index (χ1) is 7.06. The van der Waals surface area contributed by atoms with E-state index in [1.165, 1.54) is 7.11 Å². The first kappa shape index (κ1) is 11.5. The summed E-state index contributed by atoms with van der Waals surface area (Å²) in [5, 5.41) is 12.0. The summed E-state index contributed by atoms with van der Waals surface area (Å²) < 4.78 is 5.14. The Morgan fingerprint density at radius 3 is 2.53 bits per heavy atom. The molecule has 0 fully saturated rings. The third kappa shape index (κ3) is 1.94. The highest BCUT2D eigenvalue weighted by atomic mass is 16.5. The summed E-state index contributed by atoms with van der Waals surface area (Å²) in [7, 11) is 3.14. The van der Waals surface area contributed by atoms with Gasteiger partial charge in [-0.1, -0.05) is 18.2 Å². The maximum atomic E-state index is 11.2. The van der Waals surface area contributed by atoms with Crippen LogP contribution in [-0.4, -0.2) is 25.2 Å². The van der Waals surface area contributed by atoms with Crippen molar-refractivity contribution in [3.63, 3.8) is 0 Å². The van der Waals surface area contributed by atoms with Crippen molar-refractivity contribution in [2.45, 2.75) is 12.5 Å². The van der Waals surface area contributed by atoms with Crippen LogP contribution in [-0.2, 0) is 10.3 Å². The molecule has 0 aliphatic rings. The number of rotatable bonds is 4. The number of para-hydroxylation sites is 1. The van der Waals surface area contributed by atoms with Gasteiger partial charge in [-0.25, -0.2) is 4.79 Å². The van der Waals surface area contributed by atoms with Gasteiger partial charge in [-0.05, 0) is 20.0 Å². The summed E-state index contributed by atoms with van der Waals surface area (Å²) in [6.07, 6.45) is 0. The lowest BCUT2D eigenvalue weighted by Gasteiger charge is -2.26. The summed E-state index contributed by atoms with van der Waals surface area (Å²) in [6, 6.07) is 7.08. The van der Waals surface area contributed by atoms with Gasteiger partial charge in [0.2, 0.25) is 0 Å². The normalized spacial score (nSPS) is 14.3. The van der Waals surface area contributed by atoms with Crippen LogP contribution in [0.5, 0.6) is 5.75 Å². The van der Waals surface area contributed by atoms with Crippen molar-refractivity contribution in [3.05, 3.63) is 29.8 Å². The number of ether oxygens (including phenoxy) is 1. The number of likely N-dealkylation sites (N-methyl/N-ethyl adjacent to an activating group) is 1. The molecule has 0 saturated carbocycles. The number of carboxylic acid groups (broad SMARTS) is 1. The second kappa shape index (κ2) is 4.31. The van der Waals surface area contributed by atoms with Crippen molar-refractivity contribution in [1.82, 2.24) is 5.32 Å². The van der Waals surface area contributed by atoms with Gasteiger partial charge < -0.3 is 15.2 Å². The van der Waals surface area contributed by atoms with E-state index in [0.29, 0.717) is 11.3 Å². The van der Waals surface area contributed by atoms with E-state index < -0.39 is 11.5 Å². The van der Waals surface area contributed by atoms with Crippen LogP contribution in [0.3, 0.4) is 0 Å². The number of carboxylic acids is 1. The van der Waals surface area contributed by atoms with E-state index in [1.807, 2.05) is 0 Å². The molecule has 2 N–H and O–H groups in total. The monoisotopic (exact) mass is 209 g/mol. The standard InChI is InChI=1S/C11H15NO3/c1-11(12-2,10(13)14)8-6-4-5-7-9(8)15-3/h4-7,12H,1-3H3,(H,13,14)/t11-/m0/s1. The van der Waals surface area contributed by atoms with Gasteiger partial charge in [0.05, 0.1) is 7.11 Å². The second-order valence-corrected chi connectivity index (χ2v) is 3.38. The van der Waals surface area contributed by atoms with Crippen molar-refractivity contribution in [2.24, 2.45) is 0 Å². The molecule has 0 bridgehead atoms. The smallest absolute Gasteiger partial charge is 0.328 e. The Kier molecular flexibility index (Phi) is 3.31. The summed E-state index contributed by atoms with van der Waals surface area (Å²) in [6.45, 7) is 1.60. The molecule has 0 radical (unpaired) electrons. The average molecular weight is 209 g/mol. The first-order valence-electron chi connectivity index (χ1n) is 4.62. The number of hydrogen-bond donors (Lipinski definition) is 2. The largest absolute Gasteiger partial charge is 0.496 e. The van der Waals surface area contributed by atoms with Crippen LogP contribution in [0.2, 0.25) is 0 Å². The van der Waals surface area contributed by atoms with Crippen molar-refractivity contribution in [1.29, 1.82) is 0 Å². The maximum absolute atomic E-state index is 11.2. The Labute approximate surface area is 88.9 Å². The number of hydrogen-bond acceptors (Lipinski definition) is 3. The number of aliphatic carboxylic acids is 1. The molecule has 0 aliphatic heterocycles. The number of nitrogens with one attached hydrogen (secondary N) is 1. The highest BCUT2D eigenvalue weighted by Crippen LogP contribution is 2.29. The lowest BCUT2D eigenvalue weighted by atomic mass is 9.91. The van der Waals surface area contributed by atoms with Crippen LogP contribution in [0.1, 0.15) is 12.5 Å². The predicted molar refractivity (Wildman–Crippen MR) is 57.0 cm³/mol. The average Bonchev–Trinajstić information content (AvgIpc) is 2.27. The van der Waals surface area contributed by atoms with Crippen LogP contribution in [0.4, 0.5) is 0 Å². The zero-order chi connectivity index (χ0) is 11.5. The molecular weight excluding hydrogens is 194 g/mol. The fourth-order valence-corrected chi connectivity index (χ4v) is 1.41. The molecule has 0 unspecified atom stereocenters. The summed E-state index contributed by atoms with van der Waals surface area (Å²) in [5.41, 5.74) is -0.519. The molecule has 0 amide bonds. The maximum Gasteiger partial charge on any atom is 0.328 e. The van der Waals surface area contributed by atoms with Crippen molar-refractivity contribution >= 4 is 5.97 Å². The highest BCUT2D eigenvalue weighted by Gasteiger charge is 2.35. The van der Waals surface area contributed by atoms with E-state index in [0.717, 1.165) is 0 Å².